The van der Waals surface area contributed by atoms with Crippen LogP contribution in [0.5, 0.6) is 0 Å². The Labute approximate surface area is 319 Å². The summed E-state index contributed by atoms with van der Waals surface area (Å²) < 4.78 is 6.49. The first-order chi connectivity index (χ1) is 27.3. The van der Waals surface area contributed by atoms with Crippen LogP contribution in [0.3, 0.4) is 0 Å². The van der Waals surface area contributed by atoms with E-state index in [2.05, 4.69) is 200 Å². The molecular formula is C54H34O. The van der Waals surface area contributed by atoms with Crippen molar-refractivity contribution < 1.29 is 4.42 Å². The minimum Gasteiger partial charge on any atom is -0.456 e. The molecule has 11 rings (SSSR count). The van der Waals surface area contributed by atoms with E-state index >= 15 is 0 Å². The lowest BCUT2D eigenvalue weighted by Crippen LogP contribution is -1.93. The predicted molar refractivity (Wildman–Crippen MR) is 233 cm³/mol. The third-order valence-corrected chi connectivity index (χ3v) is 11.3. The van der Waals surface area contributed by atoms with Gasteiger partial charge in [0, 0.05) is 16.3 Å². The van der Waals surface area contributed by atoms with Crippen molar-refractivity contribution >= 4 is 54.3 Å². The molecule has 1 heteroatoms. The normalized spacial score (nSPS) is 11.6. The zero-order valence-corrected chi connectivity index (χ0v) is 30.0. The number of para-hydroxylation sites is 1. The molecule has 0 atom stereocenters. The lowest BCUT2D eigenvalue weighted by atomic mass is 9.83. The summed E-state index contributed by atoms with van der Waals surface area (Å²) in [7, 11) is 0. The Morgan fingerprint density at radius 2 is 0.636 bits per heavy atom. The molecule has 10 aromatic carbocycles. The largest absolute Gasteiger partial charge is 0.456 e. The number of fused-ring (bicyclic) bond motifs is 6. The van der Waals surface area contributed by atoms with E-state index in [9.17, 15) is 0 Å². The first-order valence-electron chi connectivity index (χ1n) is 18.9. The van der Waals surface area contributed by atoms with Crippen molar-refractivity contribution in [3.8, 4) is 55.6 Å². The number of rotatable bonds is 5. The van der Waals surface area contributed by atoms with E-state index in [4.69, 9.17) is 4.42 Å². The molecule has 0 spiro atoms. The van der Waals surface area contributed by atoms with Gasteiger partial charge in [0.1, 0.15) is 11.2 Å². The van der Waals surface area contributed by atoms with Gasteiger partial charge in [-0.05, 0) is 101 Å². The Balaban J connectivity index is 1.19. The van der Waals surface area contributed by atoms with E-state index in [0.717, 1.165) is 27.5 Å². The maximum atomic E-state index is 6.49. The number of hydrogen-bond acceptors (Lipinski definition) is 1. The number of furan rings is 1. The van der Waals surface area contributed by atoms with E-state index in [1.54, 1.807) is 0 Å². The molecule has 1 heterocycles. The van der Waals surface area contributed by atoms with E-state index in [-0.39, 0.29) is 0 Å². The van der Waals surface area contributed by atoms with E-state index in [0.29, 0.717) is 0 Å². The van der Waals surface area contributed by atoms with Crippen LogP contribution in [0, 0.1) is 0 Å². The van der Waals surface area contributed by atoms with Gasteiger partial charge in [-0.25, -0.2) is 0 Å². The van der Waals surface area contributed by atoms with Gasteiger partial charge in [-0.15, -0.1) is 0 Å². The third-order valence-electron chi connectivity index (χ3n) is 11.3. The molecule has 0 saturated carbocycles. The molecule has 55 heavy (non-hydrogen) atoms. The van der Waals surface area contributed by atoms with Crippen LogP contribution in [0.15, 0.2) is 211 Å². The second-order valence-corrected chi connectivity index (χ2v) is 14.3. The first kappa shape index (κ1) is 31.3. The maximum absolute atomic E-state index is 6.49. The van der Waals surface area contributed by atoms with Crippen LogP contribution in [0.25, 0.3) is 110 Å². The average Bonchev–Trinajstić information content (AvgIpc) is 3.64. The topological polar surface area (TPSA) is 13.1 Å². The molecule has 1 aromatic heterocycles. The van der Waals surface area contributed by atoms with Crippen LogP contribution < -0.4 is 0 Å². The molecule has 0 fully saturated rings. The maximum Gasteiger partial charge on any atom is 0.136 e. The quantitative estimate of drug-likeness (QED) is 0.163. The second kappa shape index (κ2) is 12.7. The number of benzene rings is 10. The summed E-state index contributed by atoms with van der Waals surface area (Å²) in [6.45, 7) is 0. The highest BCUT2D eigenvalue weighted by Gasteiger charge is 2.22. The summed E-state index contributed by atoms with van der Waals surface area (Å²) >= 11 is 0. The summed E-state index contributed by atoms with van der Waals surface area (Å²) in [5.41, 5.74) is 13.9. The molecule has 0 aliphatic heterocycles. The fraction of sp³-hybridized carbons (Fsp3) is 0. The highest BCUT2D eigenvalue weighted by atomic mass is 16.3. The zero-order chi connectivity index (χ0) is 36.3. The Morgan fingerprint density at radius 1 is 0.218 bits per heavy atom. The van der Waals surface area contributed by atoms with Crippen LogP contribution in [0.1, 0.15) is 0 Å². The monoisotopic (exact) mass is 698 g/mol. The van der Waals surface area contributed by atoms with Gasteiger partial charge in [0.2, 0.25) is 0 Å². The van der Waals surface area contributed by atoms with Gasteiger partial charge < -0.3 is 4.42 Å². The summed E-state index contributed by atoms with van der Waals surface area (Å²) in [5.74, 6) is 0. The van der Waals surface area contributed by atoms with Gasteiger partial charge in [0.25, 0.3) is 0 Å². The fourth-order valence-corrected chi connectivity index (χ4v) is 8.89. The van der Waals surface area contributed by atoms with E-state index < -0.39 is 0 Å². The van der Waals surface area contributed by atoms with Gasteiger partial charge >= 0.3 is 0 Å². The van der Waals surface area contributed by atoms with Crippen molar-refractivity contribution in [1.82, 2.24) is 0 Å². The first-order valence-corrected chi connectivity index (χ1v) is 18.9. The predicted octanol–water partition coefficient (Wildman–Crippen LogP) is 15.4. The summed E-state index contributed by atoms with van der Waals surface area (Å²) in [5, 5.41) is 9.73. The van der Waals surface area contributed by atoms with Crippen molar-refractivity contribution in [1.29, 1.82) is 0 Å². The average molecular weight is 699 g/mol. The third kappa shape index (κ3) is 5.01. The Bertz CT molecular complexity index is 3170. The highest BCUT2D eigenvalue weighted by Crippen LogP contribution is 2.49. The zero-order valence-electron chi connectivity index (χ0n) is 30.0. The molecule has 0 amide bonds. The highest BCUT2D eigenvalue weighted by molar-refractivity contribution is 6.25. The van der Waals surface area contributed by atoms with Crippen molar-refractivity contribution in [3.05, 3.63) is 206 Å². The van der Waals surface area contributed by atoms with Crippen molar-refractivity contribution in [2.45, 2.75) is 0 Å². The fourth-order valence-electron chi connectivity index (χ4n) is 8.89. The second-order valence-electron chi connectivity index (χ2n) is 14.3. The molecule has 0 bridgehead atoms. The van der Waals surface area contributed by atoms with Gasteiger partial charge in [0.15, 0.2) is 0 Å². The van der Waals surface area contributed by atoms with Crippen molar-refractivity contribution in [3.63, 3.8) is 0 Å². The molecule has 1 nitrogen and oxygen atoms in total. The standard InChI is InChI=1S/C54H34O/c1-3-15-35(16-4-1)36-27-29-38(30-28-36)52-46(33-34-50-54(52)48-25-13-14-26-49(48)55-50)41-31-32-47(40-20-8-7-19-39(40)41)53-44-23-11-9-21-42(44)51(37-17-5-2-6-18-37)43-22-10-12-24-45(43)53/h1-34H. The molecule has 0 aliphatic carbocycles. The minimum absolute atomic E-state index is 0.893. The Morgan fingerprint density at radius 3 is 1.27 bits per heavy atom. The van der Waals surface area contributed by atoms with Crippen molar-refractivity contribution in [2.24, 2.45) is 0 Å². The molecule has 0 saturated heterocycles. The molecule has 0 N–H and O–H groups in total. The molecule has 256 valence electrons. The Kier molecular flexibility index (Phi) is 7.25. The van der Waals surface area contributed by atoms with Gasteiger partial charge in [-0.3, -0.25) is 0 Å². The van der Waals surface area contributed by atoms with Gasteiger partial charge in [-0.1, -0.05) is 188 Å². The molecule has 0 aliphatic rings. The lowest BCUT2D eigenvalue weighted by molar-refractivity contribution is 0.669. The smallest absolute Gasteiger partial charge is 0.136 e. The van der Waals surface area contributed by atoms with Crippen LogP contribution in [0.2, 0.25) is 0 Å². The lowest BCUT2D eigenvalue weighted by Gasteiger charge is -2.20. The summed E-state index contributed by atoms with van der Waals surface area (Å²) in [4.78, 5) is 0. The van der Waals surface area contributed by atoms with Crippen LogP contribution in [-0.4, -0.2) is 0 Å². The van der Waals surface area contributed by atoms with Crippen LogP contribution in [-0.2, 0) is 0 Å². The molecule has 0 radical (unpaired) electrons. The molecule has 11 aromatic rings. The van der Waals surface area contributed by atoms with Crippen molar-refractivity contribution in [2.75, 3.05) is 0 Å². The Hall–Kier alpha value is -7.22. The molecular weight excluding hydrogens is 665 g/mol. The van der Waals surface area contributed by atoms with E-state index in [1.165, 1.54) is 82.4 Å². The number of hydrogen-bond donors (Lipinski definition) is 0. The van der Waals surface area contributed by atoms with Crippen LogP contribution >= 0.6 is 0 Å². The van der Waals surface area contributed by atoms with E-state index in [1.807, 2.05) is 6.07 Å². The molecule has 0 unspecified atom stereocenters. The SMILES string of the molecule is c1ccc(-c2ccc(-c3c(-c4ccc(-c5c6ccccc6c(-c6ccccc6)c6ccccc56)c5ccccc45)ccc4oc5ccccc5c34)cc2)cc1. The van der Waals surface area contributed by atoms with Gasteiger partial charge in [-0.2, -0.15) is 0 Å². The van der Waals surface area contributed by atoms with Crippen LogP contribution in [0.4, 0.5) is 0 Å². The van der Waals surface area contributed by atoms with Gasteiger partial charge in [0.05, 0.1) is 0 Å². The summed E-state index contributed by atoms with van der Waals surface area (Å²) in [6.07, 6.45) is 0. The minimum atomic E-state index is 0.893. The summed E-state index contributed by atoms with van der Waals surface area (Å²) in [6, 6.07) is 74.7.